The number of amides is 1. The van der Waals surface area contributed by atoms with Crippen LogP contribution in [0.4, 0.5) is 0 Å². The lowest BCUT2D eigenvalue weighted by Gasteiger charge is -2.13. The van der Waals surface area contributed by atoms with E-state index in [9.17, 15) is 14.7 Å². The van der Waals surface area contributed by atoms with Crippen molar-refractivity contribution in [3.8, 4) is 11.5 Å². The van der Waals surface area contributed by atoms with Crippen LogP contribution in [0.5, 0.6) is 11.5 Å². The average Bonchev–Trinajstić information content (AvgIpc) is 2.61. The highest BCUT2D eigenvalue weighted by molar-refractivity contribution is 5.94. The number of aromatic hydroxyl groups is 1. The molecule has 6 nitrogen and oxygen atoms in total. The van der Waals surface area contributed by atoms with E-state index in [4.69, 9.17) is 9.47 Å². The molecule has 2 rings (SSSR count). The first kappa shape index (κ1) is 17.8. The number of benzene rings is 1. The molecule has 0 unspecified atom stereocenters. The summed E-state index contributed by atoms with van der Waals surface area (Å²) in [7, 11) is 1.46. The van der Waals surface area contributed by atoms with E-state index in [2.05, 4.69) is 11.4 Å². The van der Waals surface area contributed by atoms with E-state index in [1.165, 1.54) is 43.7 Å². The molecule has 0 radical (unpaired) electrons. The van der Waals surface area contributed by atoms with Gasteiger partial charge in [0.2, 0.25) is 0 Å². The molecule has 0 saturated carbocycles. The van der Waals surface area contributed by atoms with E-state index >= 15 is 0 Å². The van der Waals surface area contributed by atoms with Crippen LogP contribution in [0.2, 0.25) is 0 Å². The molecule has 130 valence electrons. The predicted molar refractivity (Wildman–Crippen MR) is 89.1 cm³/mol. The van der Waals surface area contributed by atoms with Crippen molar-refractivity contribution in [2.75, 3.05) is 20.3 Å². The summed E-state index contributed by atoms with van der Waals surface area (Å²) in [6, 6.07) is 4.23. The van der Waals surface area contributed by atoms with Gasteiger partial charge < -0.3 is 19.9 Å². The largest absolute Gasteiger partial charge is 0.507 e. The molecule has 0 aromatic heterocycles. The van der Waals surface area contributed by atoms with Gasteiger partial charge in [0.1, 0.15) is 17.1 Å². The van der Waals surface area contributed by atoms with Gasteiger partial charge in [-0.3, -0.25) is 4.79 Å². The third kappa shape index (κ3) is 5.30. The minimum atomic E-state index is -0.767. The molecule has 0 atom stereocenters. The molecule has 2 N–H and O–H groups in total. The number of esters is 1. The highest BCUT2D eigenvalue weighted by Gasteiger charge is 2.15. The lowest BCUT2D eigenvalue weighted by Crippen LogP contribution is -2.29. The Morgan fingerprint density at radius 3 is 2.83 bits per heavy atom. The normalized spacial score (nSPS) is 13.8. The van der Waals surface area contributed by atoms with Crippen LogP contribution in [0, 0.1) is 0 Å². The van der Waals surface area contributed by atoms with Crippen LogP contribution in [0.3, 0.4) is 0 Å². The van der Waals surface area contributed by atoms with E-state index in [1.54, 1.807) is 0 Å². The van der Waals surface area contributed by atoms with Gasteiger partial charge in [-0.25, -0.2) is 4.79 Å². The maximum atomic E-state index is 11.9. The minimum Gasteiger partial charge on any atom is -0.507 e. The first-order valence-electron chi connectivity index (χ1n) is 8.09. The zero-order valence-corrected chi connectivity index (χ0v) is 13.8. The maximum Gasteiger partial charge on any atom is 0.342 e. The molecule has 0 aliphatic heterocycles. The van der Waals surface area contributed by atoms with Crippen molar-refractivity contribution in [1.82, 2.24) is 5.32 Å². The summed E-state index contributed by atoms with van der Waals surface area (Å²) in [6.45, 7) is 0.154. The summed E-state index contributed by atoms with van der Waals surface area (Å²) in [4.78, 5) is 23.7. The molecule has 1 aromatic rings. The predicted octanol–water partition coefficient (Wildman–Crippen LogP) is 2.56. The van der Waals surface area contributed by atoms with Gasteiger partial charge >= 0.3 is 5.97 Å². The van der Waals surface area contributed by atoms with Crippen LogP contribution in [-0.2, 0) is 9.53 Å². The number of rotatable bonds is 7. The molecule has 0 saturated heterocycles. The molecule has 1 amide bonds. The zero-order valence-electron chi connectivity index (χ0n) is 13.8. The first-order valence-corrected chi connectivity index (χ1v) is 8.09. The van der Waals surface area contributed by atoms with Crippen molar-refractivity contribution in [1.29, 1.82) is 0 Å². The molecule has 0 bridgehead atoms. The highest BCUT2D eigenvalue weighted by Crippen LogP contribution is 2.23. The molecule has 1 aliphatic rings. The van der Waals surface area contributed by atoms with Crippen molar-refractivity contribution in [3.05, 3.63) is 35.4 Å². The number of carbonyl (C=O) groups excluding carboxylic acids is 2. The number of phenols is 1. The second kappa shape index (κ2) is 8.96. The van der Waals surface area contributed by atoms with Crippen molar-refractivity contribution in [3.63, 3.8) is 0 Å². The highest BCUT2D eigenvalue weighted by atomic mass is 16.5. The van der Waals surface area contributed by atoms with E-state index < -0.39 is 5.97 Å². The number of methoxy groups -OCH3 is 1. The molecular weight excluding hydrogens is 310 g/mol. The molecule has 0 heterocycles. The second-order valence-corrected chi connectivity index (χ2v) is 5.67. The Kier molecular flexibility index (Phi) is 6.66. The molecular formula is C18H23NO5. The monoisotopic (exact) mass is 333 g/mol. The Balaban J connectivity index is 1.74. The fourth-order valence-corrected chi connectivity index (χ4v) is 2.56. The van der Waals surface area contributed by atoms with E-state index in [0.29, 0.717) is 12.3 Å². The Morgan fingerprint density at radius 2 is 2.12 bits per heavy atom. The molecule has 24 heavy (non-hydrogen) atoms. The van der Waals surface area contributed by atoms with Gasteiger partial charge in [-0.1, -0.05) is 11.6 Å². The Labute approximate surface area is 141 Å². The van der Waals surface area contributed by atoms with E-state index in [-0.39, 0.29) is 23.8 Å². The fraction of sp³-hybridized carbons (Fsp3) is 0.444. The Hall–Kier alpha value is -2.50. The first-order chi connectivity index (χ1) is 11.6. The summed E-state index contributed by atoms with van der Waals surface area (Å²) >= 11 is 0. The number of carbonyl (C=O) groups is 2. The lowest BCUT2D eigenvalue weighted by atomic mass is 9.97. The van der Waals surface area contributed by atoms with Crippen LogP contribution in [0.1, 0.15) is 42.5 Å². The molecule has 1 aliphatic carbocycles. The maximum absolute atomic E-state index is 11.9. The SMILES string of the molecule is COc1ccc(O)c(C(=O)OCC(=O)NCCC2=CCCCC2)c1. The standard InChI is InChI=1S/C18H23NO5/c1-23-14-7-8-16(20)15(11-14)18(22)24-12-17(21)19-10-9-13-5-3-2-4-6-13/h5,7-8,11,20H,2-4,6,9-10,12H2,1H3,(H,19,21). The second-order valence-electron chi connectivity index (χ2n) is 5.67. The molecule has 6 heteroatoms. The van der Waals surface area contributed by atoms with Crippen molar-refractivity contribution >= 4 is 11.9 Å². The van der Waals surface area contributed by atoms with Crippen LogP contribution >= 0.6 is 0 Å². The van der Waals surface area contributed by atoms with Gasteiger partial charge in [-0.15, -0.1) is 0 Å². The lowest BCUT2D eigenvalue weighted by molar-refractivity contribution is -0.124. The van der Waals surface area contributed by atoms with Gasteiger partial charge in [0.25, 0.3) is 5.91 Å². The summed E-state index contributed by atoms with van der Waals surface area (Å²) in [5.74, 6) is -0.922. The van der Waals surface area contributed by atoms with Crippen LogP contribution in [0.15, 0.2) is 29.8 Å². The van der Waals surface area contributed by atoms with E-state index in [0.717, 1.165) is 19.3 Å². The summed E-state index contributed by atoms with van der Waals surface area (Å²) in [5.41, 5.74) is 1.34. The van der Waals surface area contributed by atoms with Crippen LogP contribution in [0.25, 0.3) is 0 Å². The summed E-state index contributed by atoms with van der Waals surface area (Å²) in [5, 5.41) is 12.4. The van der Waals surface area contributed by atoms with Gasteiger partial charge in [0.05, 0.1) is 7.11 Å². The number of hydrogen-bond donors (Lipinski definition) is 2. The van der Waals surface area contributed by atoms with Crippen molar-refractivity contribution in [2.45, 2.75) is 32.1 Å². The van der Waals surface area contributed by atoms with Crippen molar-refractivity contribution < 1.29 is 24.2 Å². The van der Waals surface area contributed by atoms with E-state index in [1.807, 2.05) is 0 Å². The van der Waals surface area contributed by atoms with Crippen LogP contribution in [-0.4, -0.2) is 37.2 Å². The van der Waals surface area contributed by atoms with Gasteiger partial charge in [0, 0.05) is 6.54 Å². The number of phenolic OH excluding ortho intramolecular Hbond substituents is 1. The van der Waals surface area contributed by atoms with Gasteiger partial charge in [0.15, 0.2) is 6.61 Å². The molecule has 0 fully saturated rings. The fourth-order valence-electron chi connectivity index (χ4n) is 2.56. The number of allylic oxidation sites excluding steroid dienone is 1. The van der Waals surface area contributed by atoms with Crippen molar-refractivity contribution in [2.24, 2.45) is 0 Å². The smallest absolute Gasteiger partial charge is 0.342 e. The van der Waals surface area contributed by atoms with Gasteiger partial charge in [-0.2, -0.15) is 0 Å². The summed E-state index contributed by atoms with van der Waals surface area (Å²) < 4.78 is 9.92. The molecule has 0 spiro atoms. The Bertz CT molecular complexity index is 624. The Morgan fingerprint density at radius 1 is 1.29 bits per heavy atom. The van der Waals surface area contributed by atoms with Gasteiger partial charge in [-0.05, 0) is 50.3 Å². The topological polar surface area (TPSA) is 84.9 Å². The summed E-state index contributed by atoms with van der Waals surface area (Å²) in [6.07, 6.45) is 7.73. The third-order valence-electron chi connectivity index (χ3n) is 3.91. The number of hydrogen-bond acceptors (Lipinski definition) is 5. The zero-order chi connectivity index (χ0) is 17.4. The average molecular weight is 333 g/mol. The third-order valence-corrected chi connectivity index (χ3v) is 3.91. The quantitative estimate of drug-likeness (QED) is 0.592. The molecule has 1 aromatic carbocycles. The number of nitrogens with one attached hydrogen (secondary N) is 1. The number of ether oxygens (including phenoxy) is 2. The van der Waals surface area contributed by atoms with Crippen LogP contribution < -0.4 is 10.1 Å². The minimum absolute atomic E-state index is 0.0329.